The summed E-state index contributed by atoms with van der Waals surface area (Å²) in [5.41, 5.74) is 0.923. The third-order valence-corrected chi connectivity index (χ3v) is 8.05. The summed E-state index contributed by atoms with van der Waals surface area (Å²) in [4.78, 5) is 30.2. The van der Waals surface area contributed by atoms with Crippen LogP contribution in [0.3, 0.4) is 0 Å². The van der Waals surface area contributed by atoms with Crippen LogP contribution in [0.1, 0.15) is 17.3 Å². The Morgan fingerprint density at radius 2 is 1.84 bits per heavy atom. The highest BCUT2D eigenvalue weighted by Gasteiger charge is 2.29. The number of hydrogen-bond donors (Lipinski definition) is 1. The van der Waals surface area contributed by atoms with E-state index in [2.05, 4.69) is 10.3 Å². The summed E-state index contributed by atoms with van der Waals surface area (Å²) in [6, 6.07) is 11.2. The summed E-state index contributed by atoms with van der Waals surface area (Å²) in [7, 11) is -3.78. The Hall–Kier alpha value is -2.53. The molecule has 2 heterocycles. The van der Waals surface area contributed by atoms with E-state index in [0.29, 0.717) is 28.8 Å². The van der Waals surface area contributed by atoms with Crippen LogP contribution in [0.15, 0.2) is 47.4 Å². The number of piperazine rings is 1. The van der Waals surface area contributed by atoms with Gasteiger partial charge in [0.25, 0.3) is 5.91 Å². The predicted octanol–water partition coefficient (Wildman–Crippen LogP) is 3.05. The molecule has 0 atom stereocenters. The van der Waals surface area contributed by atoms with Gasteiger partial charge in [0.15, 0.2) is 5.13 Å². The number of benzene rings is 2. The number of fused-ring (bicyclic) bond motifs is 1. The van der Waals surface area contributed by atoms with Crippen LogP contribution in [-0.4, -0.2) is 60.6 Å². The van der Waals surface area contributed by atoms with Gasteiger partial charge in [-0.15, -0.1) is 0 Å². The lowest BCUT2D eigenvalue weighted by atomic mass is 10.2. The largest absolute Gasteiger partial charge is 0.340 e. The number of carbonyl (C=O) groups excluding carboxylic acids is 2. The number of nitrogens with one attached hydrogen (secondary N) is 1. The quantitative estimate of drug-likeness (QED) is 0.621. The smallest absolute Gasteiger partial charge is 0.257 e. The molecule has 11 heteroatoms. The summed E-state index contributed by atoms with van der Waals surface area (Å²) in [5.74, 6) is -0.531. The third kappa shape index (κ3) is 4.57. The van der Waals surface area contributed by atoms with Gasteiger partial charge < -0.3 is 4.90 Å². The molecular weight excluding hydrogens is 460 g/mol. The van der Waals surface area contributed by atoms with Crippen molar-refractivity contribution in [3.8, 4) is 0 Å². The number of anilines is 1. The Labute approximate surface area is 188 Å². The molecule has 31 heavy (non-hydrogen) atoms. The number of aromatic nitrogens is 1. The number of amides is 2. The van der Waals surface area contributed by atoms with Crippen molar-refractivity contribution < 1.29 is 18.0 Å². The predicted molar refractivity (Wildman–Crippen MR) is 120 cm³/mol. The summed E-state index contributed by atoms with van der Waals surface area (Å²) in [6.07, 6.45) is 0. The molecule has 1 aromatic heterocycles. The molecule has 8 nitrogen and oxygen atoms in total. The molecule has 0 unspecified atom stereocenters. The summed E-state index contributed by atoms with van der Waals surface area (Å²) < 4.78 is 28.2. The van der Waals surface area contributed by atoms with Gasteiger partial charge in [0.1, 0.15) is 0 Å². The molecule has 3 aromatic rings. The van der Waals surface area contributed by atoms with Gasteiger partial charge in [-0.05, 0) is 36.4 Å². The SMILES string of the molecule is CC(=O)N1CCN(S(=O)(=O)c2cccc(C(=O)Nc3nc4ccc(Cl)cc4s3)c2)CC1. The monoisotopic (exact) mass is 478 g/mol. The first-order valence-electron chi connectivity index (χ1n) is 9.47. The second-order valence-electron chi connectivity index (χ2n) is 7.02. The second-order valence-corrected chi connectivity index (χ2v) is 10.4. The molecule has 1 fully saturated rings. The van der Waals surface area contributed by atoms with E-state index in [4.69, 9.17) is 11.6 Å². The number of thiazole rings is 1. The minimum atomic E-state index is -3.78. The number of nitrogens with zero attached hydrogens (tertiary/aromatic N) is 3. The average molecular weight is 479 g/mol. The van der Waals surface area contributed by atoms with E-state index in [1.807, 2.05) is 0 Å². The molecular formula is C20H19ClN4O4S2. The van der Waals surface area contributed by atoms with Crippen molar-refractivity contribution in [3.63, 3.8) is 0 Å². The van der Waals surface area contributed by atoms with Crippen molar-refractivity contribution in [1.29, 1.82) is 0 Å². The fourth-order valence-corrected chi connectivity index (χ4v) is 5.92. The van der Waals surface area contributed by atoms with Crippen molar-refractivity contribution in [1.82, 2.24) is 14.2 Å². The highest BCUT2D eigenvalue weighted by atomic mass is 35.5. The Bertz CT molecular complexity index is 1270. The molecule has 2 amide bonds. The number of carbonyl (C=O) groups is 2. The van der Waals surface area contributed by atoms with Gasteiger partial charge in [-0.3, -0.25) is 14.9 Å². The molecule has 0 spiro atoms. The molecule has 162 valence electrons. The van der Waals surface area contributed by atoms with Gasteiger partial charge in [0.2, 0.25) is 15.9 Å². The molecule has 0 aliphatic carbocycles. The lowest BCUT2D eigenvalue weighted by Gasteiger charge is -2.33. The van der Waals surface area contributed by atoms with Crippen LogP contribution in [0.25, 0.3) is 10.2 Å². The first-order valence-corrected chi connectivity index (χ1v) is 12.1. The van der Waals surface area contributed by atoms with Gasteiger partial charge in [0.05, 0.1) is 15.1 Å². The van der Waals surface area contributed by atoms with Gasteiger partial charge in [-0.2, -0.15) is 4.31 Å². The molecule has 0 radical (unpaired) electrons. The van der Waals surface area contributed by atoms with Crippen LogP contribution in [0.5, 0.6) is 0 Å². The molecule has 1 aliphatic heterocycles. The maximum atomic E-state index is 13.0. The summed E-state index contributed by atoms with van der Waals surface area (Å²) in [5, 5.41) is 3.70. The standard InChI is InChI=1S/C20H19ClN4O4S2/c1-13(26)24-7-9-25(10-8-24)31(28,29)16-4-2-3-14(11-16)19(27)23-20-22-17-6-5-15(21)12-18(17)30-20/h2-6,11-12H,7-10H2,1H3,(H,22,23,27). The first kappa shape index (κ1) is 21.7. The van der Waals surface area contributed by atoms with Crippen LogP contribution in [-0.2, 0) is 14.8 Å². The number of sulfonamides is 1. The second kappa shape index (κ2) is 8.54. The van der Waals surface area contributed by atoms with Crippen LogP contribution >= 0.6 is 22.9 Å². The van der Waals surface area contributed by atoms with Gasteiger partial charge in [-0.1, -0.05) is 29.0 Å². The third-order valence-electron chi connectivity index (χ3n) is 4.99. The molecule has 0 saturated carbocycles. The van der Waals surface area contributed by atoms with Crippen molar-refractivity contribution in [2.75, 3.05) is 31.5 Å². The van der Waals surface area contributed by atoms with E-state index in [9.17, 15) is 18.0 Å². The van der Waals surface area contributed by atoms with Crippen molar-refractivity contribution in [2.45, 2.75) is 11.8 Å². The normalized spacial score (nSPS) is 15.2. The topological polar surface area (TPSA) is 99.7 Å². The zero-order valence-electron chi connectivity index (χ0n) is 16.5. The maximum absolute atomic E-state index is 13.0. The average Bonchev–Trinajstić information content (AvgIpc) is 3.15. The molecule has 1 saturated heterocycles. The number of rotatable bonds is 4. The Kier molecular flexibility index (Phi) is 5.98. The minimum Gasteiger partial charge on any atom is -0.340 e. The van der Waals surface area contributed by atoms with Crippen LogP contribution < -0.4 is 5.32 Å². The van der Waals surface area contributed by atoms with E-state index >= 15 is 0 Å². The Morgan fingerprint density at radius 3 is 2.55 bits per heavy atom. The zero-order chi connectivity index (χ0) is 22.2. The lowest BCUT2D eigenvalue weighted by molar-refractivity contribution is -0.129. The number of halogens is 1. The summed E-state index contributed by atoms with van der Waals surface area (Å²) in [6.45, 7) is 2.58. The first-order chi connectivity index (χ1) is 14.7. The van der Waals surface area contributed by atoms with Crippen molar-refractivity contribution in [3.05, 3.63) is 53.1 Å². The van der Waals surface area contributed by atoms with E-state index in [1.165, 1.54) is 40.8 Å². The van der Waals surface area contributed by atoms with E-state index < -0.39 is 15.9 Å². The van der Waals surface area contributed by atoms with Gasteiger partial charge >= 0.3 is 0 Å². The molecule has 0 bridgehead atoms. The van der Waals surface area contributed by atoms with E-state index in [-0.39, 0.29) is 29.5 Å². The Balaban J connectivity index is 1.51. The molecule has 4 rings (SSSR count). The Morgan fingerprint density at radius 1 is 1.10 bits per heavy atom. The highest BCUT2D eigenvalue weighted by molar-refractivity contribution is 7.89. The number of hydrogen-bond acceptors (Lipinski definition) is 6. The lowest BCUT2D eigenvalue weighted by Crippen LogP contribution is -2.49. The zero-order valence-corrected chi connectivity index (χ0v) is 18.9. The van der Waals surface area contributed by atoms with E-state index in [1.54, 1.807) is 29.2 Å². The fourth-order valence-electron chi connectivity index (χ4n) is 3.31. The minimum absolute atomic E-state index is 0.0347. The highest BCUT2D eigenvalue weighted by Crippen LogP contribution is 2.29. The van der Waals surface area contributed by atoms with Crippen LogP contribution in [0, 0.1) is 0 Å². The maximum Gasteiger partial charge on any atom is 0.257 e. The van der Waals surface area contributed by atoms with Crippen LogP contribution in [0.2, 0.25) is 5.02 Å². The van der Waals surface area contributed by atoms with Gasteiger partial charge in [-0.25, -0.2) is 13.4 Å². The summed E-state index contributed by atoms with van der Waals surface area (Å²) >= 11 is 7.27. The van der Waals surface area contributed by atoms with Crippen LogP contribution in [0.4, 0.5) is 5.13 Å². The van der Waals surface area contributed by atoms with Crippen molar-refractivity contribution >= 4 is 60.1 Å². The molecule has 1 N–H and O–H groups in total. The molecule has 2 aromatic carbocycles. The van der Waals surface area contributed by atoms with Crippen molar-refractivity contribution in [2.24, 2.45) is 0 Å². The van der Waals surface area contributed by atoms with Gasteiger partial charge in [0, 0.05) is 43.7 Å². The molecule has 1 aliphatic rings. The fraction of sp³-hybridized carbons (Fsp3) is 0.250. The van der Waals surface area contributed by atoms with E-state index in [0.717, 1.165) is 4.70 Å².